The minimum absolute atomic E-state index is 0.161. The number of benzene rings is 2. The zero-order chi connectivity index (χ0) is 20.4. The molecule has 3 aromatic rings. The van der Waals surface area contributed by atoms with E-state index >= 15 is 0 Å². The lowest BCUT2D eigenvalue weighted by Gasteiger charge is -2.21. The van der Waals surface area contributed by atoms with Crippen molar-refractivity contribution in [1.29, 1.82) is 0 Å². The number of anilines is 1. The maximum Gasteiger partial charge on any atom is 0.278 e. The van der Waals surface area contributed by atoms with Gasteiger partial charge in [-0.3, -0.25) is 19.5 Å². The Bertz CT molecular complexity index is 1080. The monoisotopic (exact) mass is 403 g/mol. The molecule has 0 saturated heterocycles. The molecule has 0 radical (unpaired) electrons. The van der Waals surface area contributed by atoms with Crippen LogP contribution >= 0.6 is 11.6 Å². The predicted octanol–water partition coefficient (Wildman–Crippen LogP) is 4.15. The third kappa shape index (κ3) is 3.65. The third-order valence-electron chi connectivity index (χ3n) is 4.82. The highest BCUT2D eigenvalue weighted by atomic mass is 35.5. The molecule has 1 aliphatic rings. The Hall–Kier alpha value is -3.44. The molecule has 1 aromatic heterocycles. The number of para-hydroxylation sites is 1. The fourth-order valence-corrected chi connectivity index (χ4v) is 3.48. The first-order chi connectivity index (χ1) is 14.1. The molecule has 0 fully saturated rings. The molecular formula is C23H18ClN3O2. The molecule has 0 saturated carbocycles. The Labute approximate surface area is 173 Å². The first-order valence-corrected chi connectivity index (χ1v) is 9.48. The van der Waals surface area contributed by atoms with E-state index in [2.05, 4.69) is 4.98 Å². The van der Waals surface area contributed by atoms with Gasteiger partial charge in [-0.2, -0.15) is 0 Å². The summed E-state index contributed by atoms with van der Waals surface area (Å²) in [7, 11) is 1.79. The zero-order valence-corrected chi connectivity index (χ0v) is 16.5. The maximum atomic E-state index is 13.3. The molecule has 6 heteroatoms. The van der Waals surface area contributed by atoms with E-state index < -0.39 is 0 Å². The summed E-state index contributed by atoms with van der Waals surface area (Å²) in [4.78, 5) is 33.8. The van der Waals surface area contributed by atoms with Crippen LogP contribution in [0.2, 0.25) is 5.02 Å². The van der Waals surface area contributed by atoms with E-state index in [1.165, 1.54) is 4.90 Å². The lowest BCUT2D eigenvalue weighted by atomic mass is 10.0. The summed E-state index contributed by atoms with van der Waals surface area (Å²) in [5.74, 6) is -0.672. The van der Waals surface area contributed by atoms with Gasteiger partial charge in [-0.15, -0.1) is 0 Å². The van der Waals surface area contributed by atoms with Crippen LogP contribution < -0.4 is 4.90 Å². The predicted molar refractivity (Wildman–Crippen MR) is 113 cm³/mol. The fourth-order valence-electron chi connectivity index (χ4n) is 3.35. The topological polar surface area (TPSA) is 53.5 Å². The van der Waals surface area contributed by atoms with Crippen LogP contribution in [0.5, 0.6) is 0 Å². The molecule has 0 N–H and O–H groups in total. The second kappa shape index (κ2) is 7.89. The molecule has 0 unspecified atom stereocenters. The lowest BCUT2D eigenvalue weighted by Crippen LogP contribution is -2.33. The Morgan fingerprint density at radius 3 is 2.31 bits per heavy atom. The van der Waals surface area contributed by atoms with Crippen molar-refractivity contribution in [2.75, 3.05) is 11.9 Å². The standard InChI is InChI=1S/C23H18ClN3O2/c1-26(19-7-3-2-4-8-19)21-20(17-9-11-18(24)12-10-17)22(28)27(23(21)29)15-16-6-5-13-25-14-16/h2-14H,15H2,1H3. The van der Waals surface area contributed by atoms with Crippen LogP contribution in [-0.2, 0) is 16.1 Å². The average molecular weight is 404 g/mol. The van der Waals surface area contributed by atoms with Crippen LogP contribution in [0.4, 0.5) is 5.69 Å². The summed E-state index contributed by atoms with van der Waals surface area (Å²) in [6.45, 7) is 0.161. The molecule has 2 heterocycles. The van der Waals surface area contributed by atoms with Crippen molar-refractivity contribution in [3.8, 4) is 0 Å². The van der Waals surface area contributed by atoms with Crippen LogP contribution in [0.25, 0.3) is 5.57 Å². The first kappa shape index (κ1) is 18.9. The van der Waals surface area contributed by atoms with Gasteiger partial charge in [-0.05, 0) is 41.5 Å². The van der Waals surface area contributed by atoms with Crippen LogP contribution in [0.15, 0.2) is 84.8 Å². The maximum absolute atomic E-state index is 13.3. The summed E-state index contributed by atoms with van der Waals surface area (Å²) in [6, 6.07) is 20.1. The highest BCUT2D eigenvalue weighted by Crippen LogP contribution is 2.34. The first-order valence-electron chi connectivity index (χ1n) is 9.10. The number of carbonyl (C=O) groups excluding carboxylic acids is 2. The summed E-state index contributed by atoms with van der Waals surface area (Å²) >= 11 is 6.02. The number of hydrogen-bond donors (Lipinski definition) is 0. The Kier molecular flexibility index (Phi) is 5.14. The number of rotatable bonds is 5. The number of halogens is 1. The van der Waals surface area contributed by atoms with Crippen LogP contribution in [0.1, 0.15) is 11.1 Å². The largest absolute Gasteiger partial charge is 0.339 e. The molecule has 0 aliphatic carbocycles. The molecule has 1 aliphatic heterocycles. The second-order valence-electron chi connectivity index (χ2n) is 6.68. The van der Waals surface area contributed by atoms with E-state index in [-0.39, 0.29) is 18.4 Å². The van der Waals surface area contributed by atoms with Gasteiger partial charge >= 0.3 is 0 Å². The van der Waals surface area contributed by atoms with Gasteiger partial charge in [0.25, 0.3) is 11.8 Å². The van der Waals surface area contributed by atoms with Gasteiger partial charge in [0.15, 0.2) is 0 Å². The molecule has 5 nitrogen and oxygen atoms in total. The van der Waals surface area contributed by atoms with E-state index in [4.69, 9.17) is 11.6 Å². The van der Waals surface area contributed by atoms with Crippen LogP contribution in [0.3, 0.4) is 0 Å². The average Bonchev–Trinajstić information content (AvgIpc) is 3.00. The highest BCUT2D eigenvalue weighted by molar-refractivity contribution is 6.37. The number of likely N-dealkylation sites (N-methyl/N-ethyl adjacent to an activating group) is 1. The van der Waals surface area contributed by atoms with E-state index in [9.17, 15) is 9.59 Å². The van der Waals surface area contributed by atoms with Crippen molar-refractivity contribution in [1.82, 2.24) is 9.88 Å². The number of amides is 2. The summed E-state index contributed by atoms with van der Waals surface area (Å²) in [6.07, 6.45) is 3.31. The van der Waals surface area contributed by atoms with Gasteiger partial charge < -0.3 is 4.90 Å². The second-order valence-corrected chi connectivity index (χ2v) is 7.12. The molecule has 29 heavy (non-hydrogen) atoms. The van der Waals surface area contributed by atoms with Crippen molar-refractivity contribution < 1.29 is 9.59 Å². The van der Waals surface area contributed by atoms with E-state index in [1.807, 2.05) is 36.4 Å². The summed E-state index contributed by atoms with van der Waals surface area (Å²) < 4.78 is 0. The number of aromatic nitrogens is 1. The minimum atomic E-state index is -0.338. The minimum Gasteiger partial charge on any atom is -0.339 e. The van der Waals surface area contributed by atoms with E-state index in [0.717, 1.165) is 11.3 Å². The molecule has 2 amide bonds. The summed E-state index contributed by atoms with van der Waals surface area (Å²) in [5, 5.41) is 0.566. The van der Waals surface area contributed by atoms with Gasteiger partial charge in [0, 0.05) is 30.2 Å². The number of imide groups is 1. The van der Waals surface area contributed by atoms with Gasteiger partial charge in [-0.25, -0.2) is 0 Å². The van der Waals surface area contributed by atoms with Crippen LogP contribution in [-0.4, -0.2) is 28.7 Å². The van der Waals surface area contributed by atoms with Crippen LogP contribution in [0, 0.1) is 0 Å². The Morgan fingerprint density at radius 2 is 1.66 bits per heavy atom. The van der Waals surface area contributed by atoms with Crippen molar-refractivity contribution in [3.63, 3.8) is 0 Å². The lowest BCUT2D eigenvalue weighted by molar-refractivity contribution is -0.137. The molecule has 144 valence electrons. The Balaban J connectivity index is 1.79. The SMILES string of the molecule is CN(C1=C(c2ccc(Cl)cc2)C(=O)N(Cc2cccnc2)C1=O)c1ccccc1. The normalized spacial score (nSPS) is 13.9. The molecular weight excluding hydrogens is 386 g/mol. The van der Waals surface area contributed by atoms with Gasteiger partial charge in [0.05, 0.1) is 12.1 Å². The zero-order valence-electron chi connectivity index (χ0n) is 15.7. The Morgan fingerprint density at radius 1 is 0.931 bits per heavy atom. The quantitative estimate of drug-likeness (QED) is 0.600. The molecule has 4 rings (SSSR count). The number of carbonyl (C=O) groups is 2. The van der Waals surface area contributed by atoms with Crippen molar-refractivity contribution in [2.45, 2.75) is 6.54 Å². The fraction of sp³-hybridized carbons (Fsp3) is 0.0870. The molecule has 2 aromatic carbocycles. The highest BCUT2D eigenvalue weighted by Gasteiger charge is 2.41. The van der Waals surface area contributed by atoms with E-state index in [1.54, 1.807) is 54.7 Å². The molecule has 0 bridgehead atoms. The van der Waals surface area contributed by atoms with Crippen molar-refractivity contribution in [2.24, 2.45) is 0 Å². The van der Waals surface area contributed by atoms with E-state index in [0.29, 0.717) is 21.9 Å². The van der Waals surface area contributed by atoms with Gasteiger partial charge in [-0.1, -0.05) is 48.0 Å². The molecule has 0 spiro atoms. The van der Waals surface area contributed by atoms with Gasteiger partial charge in [0.2, 0.25) is 0 Å². The van der Waals surface area contributed by atoms with Gasteiger partial charge in [0.1, 0.15) is 5.70 Å². The third-order valence-corrected chi connectivity index (χ3v) is 5.07. The number of hydrogen-bond acceptors (Lipinski definition) is 4. The van der Waals surface area contributed by atoms with Crippen molar-refractivity contribution >= 4 is 34.7 Å². The smallest absolute Gasteiger partial charge is 0.278 e. The number of pyridine rings is 1. The molecule has 0 atom stereocenters. The summed E-state index contributed by atoms with van der Waals surface area (Å²) in [5.41, 5.74) is 2.96. The number of nitrogens with zero attached hydrogens (tertiary/aromatic N) is 3. The van der Waals surface area contributed by atoms with Crippen molar-refractivity contribution in [3.05, 3.63) is 101 Å².